The first-order valence-corrected chi connectivity index (χ1v) is 7.81. The number of rotatable bonds is 7. The minimum atomic E-state index is 0.0875. The molecule has 0 amide bonds. The summed E-state index contributed by atoms with van der Waals surface area (Å²) in [6, 6.07) is 6.83. The van der Waals surface area contributed by atoms with Crippen molar-refractivity contribution in [1.29, 1.82) is 0 Å². The molecule has 1 aromatic carbocycles. The third-order valence-electron chi connectivity index (χ3n) is 3.80. The van der Waals surface area contributed by atoms with Crippen molar-refractivity contribution in [3.05, 3.63) is 40.1 Å². The number of aryl methyl sites for hydroxylation is 2. The number of nitrogens with zero attached hydrogens (tertiary/aromatic N) is 1. The van der Waals surface area contributed by atoms with Crippen molar-refractivity contribution in [3.8, 4) is 0 Å². The van der Waals surface area contributed by atoms with Gasteiger partial charge in [-0.25, -0.2) is 4.74 Å². The molecule has 20 heavy (non-hydrogen) atoms. The quantitative estimate of drug-likeness (QED) is 0.311. The van der Waals surface area contributed by atoms with E-state index in [1.165, 1.54) is 16.7 Å². The lowest BCUT2D eigenvalue weighted by atomic mass is 9.97. The average molecular weight is 275 g/mol. The van der Waals surface area contributed by atoms with Gasteiger partial charge in [0.2, 0.25) is 0 Å². The zero-order chi connectivity index (χ0) is 15.1. The average Bonchev–Trinajstić information content (AvgIpc) is 2.39. The first-order chi connectivity index (χ1) is 9.43. The maximum absolute atomic E-state index is 11.7. The molecule has 0 aliphatic rings. The molecule has 1 rings (SSSR count). The number of hydroxylamine groups is 1. The van der Waals surface area contributed by atoms with Gasteiger partial charge in [-0.3, -0.25) is 0 Å². The van der Waals surface area contributed by atoms with Crippen LogP contribution >= 0.6 is 0 Å². The van der Waals surface area contributed by atoms with Crippen molar-refractivity contribution >= 4 is 6.21 Å². The van der Waals surface area contributed by atoms with E-state index in [0.717, 1.165) is 30.4 Å². The van der Waals surface area contributed by atoms with Gasteiger partial charge in [0.05, 0.1) is 0 Å². The smallest absolute Gasteiger partial charge is 0.159 e. The molecule has 0 aliphatic heterocycles. The van der Waals surface area contributed by atoms with Crippen molar-refractivity contribution in [2.45, 2.75) is 66.3 Å². The van der Waals surface area contributed by atoms with E-state index in [9.17, 15) is 5.21 Å². The second-order valence-corrected chi connectivity index (χ2v) is 6.20. The highest BCUT2D eigenvalue weighted by Crippen LogP contribution is 2.15. The summed E-state index contributed by atoms with van der Waals surface area (Å²) in [4.78, 5) is 0. The summed E-state index contributed by atoms with van der Waals surface area (Å²) in [5, 5.41) is 11.7. The molecule has 0 N–H and O–H groups in total. The maximum atomic E-state index is 11.7. The molecule has 2 heteroatoms. The van der Waals surface area contributed by atoms with Crippen molar-refractivity contribution in [1.82, 2.24) is 0 Å². The second kappa shape index (κ2) is 8.08. The van der Waals surface area contributed by atoms with Gasteiger partial charge in [0.25, 0.3) is 0 Å². The highest BCUT2D eigenvalue weighted by Gasteiger charge is 2.06. The minimum absolute atomic E-state index is 0.0875. The Bertz CT molecular complexity index is 449. The third-order valence-corrected chi connectivity index (χ3v) is 3.80. The molecule has 0 saturated heterocycles. The number of hydrogen-bond donors (Lipinski definition) is 0. The molecule has 2 nitrogen and oxygen atoms in total. The monoisotopic (exact) mass is 275 g/mol. The van der Waals surface area contributed by atoms with Crippen LogP contribution in [0.4, 0.5) is 0 Å². The lowest BCUT2D eigenvalue weighted by Gasteiger charge is -2.11. The van der Waals surface area contributed by atoms with E-state index in [0.29, 0.717) is 5.92 Å². The van der Waals surface area contributed by atoms with Crippen LogP contribution in [-0.2, 0) is 12.8 Å². The van der Waals surface area contributed by atoms with Crippen LogP contribution in [0.15, 0.2) is 18.2 Å². The molecule has 1 atom stereocenters. The molecule has 0 radical (unpaired) electrons. The Labute approximate surface area is 124 Å². The van der Waals surface area contributed by atoms with E-state index in [2.05, 4.69) is 39.0 Å². The summed E-state index contributed by atoms with van der Waals surface area (Å²) in [6.45, 7) is 10.7. The second-order valence-electron chi connectivity index (χ2n) is 6.20. The van der Waals surface area contributed by atoms with Gasteiger partial charge in [-0.2, -0.15) is 0 Å². The summed E-state index contributed by atoms with van der Waals surface area (Å²) in [5.41, 5.74) is 4.11. The largest absolute Gasteiger partial charge is 0.624 e. The van der Waals surface area contributed by atoms with Gasteiger partial charge in [0.15, 0.2) is 12.3 Å². The normalized spacial score (nSPS) is 13.8. The lowest BCUT2D eigenvalue weighted by molar-refractivity contribution is -0.493. The SMILES string of the molecule is CCC(C)[N+]([O-])=CCCc1ccc(CC(C)C)cc1C. The van der Waals surface area contributed by atoms with Crippen LogP contribution in [0.3, 0.4) is 0 Å². The fourth-order valence-corrected chi connectivity index (χ4v) is 2.34. The number of benzene rings is 1. The van der Waals surface area contributed by atoms with Gasteiger partial charge < -0.3 is 5.21 Å². The third kappa shape index (κ3) is 5.36. The maximum Gasteiger partial charge on any atom is 0.159 e. The molecule has 0 fully saturated rings. The Morgan fingerprint density at radius 2 is 1.95 bits per heavy atom. The van der Waals surface area contributed by atoms with Gasteiger partial charge in [-0.1, -0.05) is 39.0 Å². The summed E-state index contributed by atoms with van der Waals surface area (Å²) in [5.74, 6) is 0.693. The Morgan fingerprint density at radius 1 is 1.25 bits per heavy atom. The molecule has 1 unspecified atom stereocenters. The molecule has 0 aliphatic carbocycles. The van der Waals surface area contributed by atoms with E-state index in [1.54, 1.807) is 6.21 Å². The van der Waals surface area contributed by atoms with Gasteiger partial charge in [0.1, 0.15) is 0 Å². The molecule has 0 aromatic heterocycles. The van der Waals surface area contributed by atoms with Crippen LogP contribution in [-0.4, -0.2) is 17.0 Å². The standard InChI is InChI=1S/C18H29NO/c1-6-16(5)19(20)11-7-8-18-10-9-17(12-14(2)3)13-15(18)4/h9-11,13-14,16H,6-8,12H2,1-5H3. The van der Waals surface area contributed by atoms with Gasteiger partial charge in [-0.05, 0) is 49.3 Å². The first kappa shape index (κ1) is 16.7. The first-order valence-electron chi connectivity index (χ1n) is 7.81. The zero-order valence-corrected chi connectivity index (χ0v) is 13.6. The number of hydrogen-bond acceptors (Lipinski definition) is 1. The van der Waals surface area contributed by atoms with Crippen LogP contribution in [0, 0.1) is 18.0 Å². The van der Waals surface area contributed by atoms with Crippen LogP contribution in [0.1, 0.15) is 57.2 Å². The van der Waals surface area contributed by atoms with Gasteiger partial charge in [0, 0.05) is 12.8 Å². The van der Waals surface area contributed by atoms with Crippen LogP contribution < -0.4 is 0 Å². The van der Waals surface area contributed by atoms with Crippen molar-refractivity contribution in [2.75, 3.05) is 0 Å². The lowest BCUT2D eigenvalue weighted by Crippen LogP contribution is -2.17. The Kier molecular flexibility index (Phi) is 6.77. The summed E-state index contributed by atoms with van der Waals surface area (Å²) in [7, 11) is 0. The fraction of sp³-hybridized carbons (Fsp3) is 0.611. The molecule has 0 bridgehead atoms. The molecule has 0 saturated carbocycles. The van der Waals surface area contributed by atoms with E-state index < -0.39 is 0 Å². The van der Waals surface area contributed by atoms with Crippen LogP contribution in [0.5, 0.6) is 0 Å². The summed E-state index contributed by atoms with van der Waals surface area (Å²) >= 11 is 0. The Morgan fingerprint density at radius 3 is 2.50 bits per heavy atom. The van der Waals surface area contributed by atoms with E-state index in [4.69, 9.17) is 0 Å². The molecular formula is C18H29NO. The van der Waals surface area contributed by atoms with E-state index in [-0.39, 0.29) is 6.04 Å². The van der Waals surface area contributed by atoms with Gasteiger partial charge in [-0.15, -0.1) is 0 Å². The molecule has 0 heterocycles. The highest BCUT2D eigenvalue weighted by atomic mass is 16.5. The van der Waals surface area contributed by atoms with E-state index in [1.807, 2.05) is 13.8 Å². The highest BCUT2D eigenvalue weighted by molar-refractivity contribution is 5.52. The Hall–Kier alpha value is -1.31. The fourth-order valence-electron chi connectivity index (χ4n) is 2.34. The molecule has 0 spiro atoms. The molecule has 1 aromatic rings. The predicted molar refractivity (Wildman–Crippen MR) is 87.5 cm³/mol. The summed E-state index contributed by atoms with van der Waals surface area (Å²) in [6.07, 6.45) is 5.58. The van der Waals surface area contributed by atoms with Crippen LogP contribution in [0.2, 0.25) is 0 Å². The van der Waals surface area contributed by atoms with Crippen molar-refractivity contribution < 1.29 is 4.74 Å². The molecular weight excluding hydrogens is 246 g/mol. The topological polar surface area (TPSA) is 26.1 Å². The van der Waals surface area contributed by atoms with Crippen LogP contribution in [0.25, 0.3) is 0 Å². The van der Waals surface area contributed by atoms with E-state index >= 15 is 0 Å². The van der Waals surface area contributed by atoms with Crippen molar-refractivity contribution in [2.24, 2.45) is 5.92 Å². The zero-order valence-electron chi connectivity index (χ0n) is 13.6. The summed E-state index contributed by atoms with van der Waals surface area (Å²) < 4.78 is 1.10. The predicted octanol–water partition coefficient (Wildman–Crippen LogP) is 4.51. The minimum Gasteiger partial charge on any atom is -0.624 e. The van der Waals surface area contributed by atoms with Crippen molar-refractivity contribution in [3.63, 3.8) is 0 Å². The Balaban J connectivity index is 2.61. The molecule has 112 valence electrons. The van der Waals surface area contributed by atoms with Gasteiger partial charge >= 0.3 is 0 Å².